The first-order valence-electron chi connectivity index (χ1n) is 12.3. The van der Waals surface area contributed by atoms with E-state index in [4.69, 9.17) is 13.8 Å². The molecular formula is C24H49N2O2Si2+. The van der Waals surface area contributed by atoms with Crippen LogP contribution in [0.2, 0.25) is 39.3 Å². The van der Waals surface area contributed by atoms with E-state index in [0.717, 1.165) is 12.3 Å². The molecule has 0 atom stereocenters. The quantitative estimate of drug-likeness (QED) is 0.151. The van der Waals surface area contributed by atoms with Crippen molar-refractivity contribution in [2.75, 3.05) is 0 Å². The maximum atomic E-state index is 6.26. The van der Waals surface area contributed by atoms with Crippen LogP contribution < -0.4 is 13.4 Å². The molecule has 30 heavy (non-hydrogen) atoms. The van der Waals surface area contributed by atoms with E-state index in [1.54, 1.807) is 0 Å². The Balaban J connectivity index is 2.51. The Bertz CT molecular complexity index is 610. The van der Waals surface area contributed by atoms with Gasteiger partial charge >= 0.3 is 11.9 Å². The van der Waals surface area contributed by atoms with Gasteiger partial charge in [-0.1, -0.05) is 71.1 Å². The zero-order valence-corrected chi connectivity index (χ0v) is 23.3. The van der Waals surface area contributed by atoms with Gasteiger partial charge in [-0.3, -0.25) is 0 Å². The highest BCUT2D eigenvalue weighted by molar-refractivity contribution is 6.70. The van der Waals surface area contributed by atoms with E-state index < -0.39 is 16.6 Å². The third kappa shape index (κ3) is 12.7. The second kappa shape index (κ2) is 13.5. The van der Waals surface area contributed by atoms with Crippen LogP contribution in [0.3, 0.4) is 0 Å². The zero-order chi connectivity index (χ0) is 22.6. The molecule has 1 aromatic heterocycles. The number of hydrogen-bond donors (Lipinski definition) is 0. The fourth-order valence-corrected chi connectivity index (χ4v) is 4.97. The maximum Gasteiger partial charge on any atom is 0.488 e. The molecule has 0 unspecified atom stereocenters. The van der Waals surface area contributed by atoms with E-state index in [0.29, 0.717) is 6.01 Å². The van der Waals surface area contributed by atoms with Crippen molar-refractivity contribution >= 4 is 16.6 Å². The van der Waals surface area contributed by atoms with Crippen LogP contribution >= 0.6 is 0 Å². The number of unbranched alkanes of at least 4 members (excludes halogenated alkanes) is 10. The summed E-state index contributed by atoms with van der Waals surface area (Å²) in [5.41, 5.74) is 1.27. The largest absolute Gasteiger partial charge is 0.514 e. The molecule has 0 aliphatic heterocycles. The van der Waals surface area contributed by atoms with E-state index >= 15 is 0 Å². The van der Waals surface area contributed by atoms with Crippen LogP contribution in [0.15, 0.2) is 6.07 Å². The van der Waals surface area contributed by atoms with Crippen molar-refractivity contribution in [1.82, 2.24) is 4.98 Å². The second-order valence-electron chi connectivity index (χ2n) is 10.6. The van der Waals surface area contributed by atoms with Crippen molar-refractivity contribution in [1.29, 1.82) is 0 Å². The van der Waals surface area contributed by atoms with Crippen LogP contribution in [0.5, 0.6) is 11.9 Å². The van der Waals surface area contributed by atoms with Crippen LogP contribution in [0.1, 0.15) is 83.2 Å². The van der Waals surface area contributed by atoms with Crippen molar-refractivity contribution in [3.8, 4) is 11.9 Å². The van der Waals surface area contributed by atoms with E-state index in [2.05, 4.69) is 63.9 Å². The molecule has 6 heteroatoms. The zero-order valence-electron chi connectivity index (χ0n) is 21.3. The van der Waals surface area contributed by atoms with Crippen molar-refractivity contribution < 1.29 is 13.4 Å². The average Bonchev–Trinajstić information content (AvgIpc) is 2.60. The Morgan fingerprint density at radius 3 is 1.67 bits per heavy atom. The molecule has 0 aliphatic carbocycles. The fourth-order valence-electron chi connectivity index (χ4n) is 3.51. The Kier molecular flexibility index (Phi) is 12.2. The number of aromatic nitrogens is 2. The summed E-state index contributed by atoms with van der Waals surface area (Å²) in [7, 11) is -1.36. The van der Waals surface area contributed by atoms with Crippen LogP contribution in [0.4, 0.5) is 0 Å². The monoisotopic (exact) mass is 453 g/mol. The summed E-state index contributed by atoms with van der Waals surface area (Å²) >= 11 is 0. The number of aryl methyl sites for hydroxylation is 1. The summed E-state index contributed by atoms with van der Waals surface area (Å²) in [5, 5.41) is 0. The van der Waals surface area contributed by atoms with Gasteiger partial charge in [-0.05, 0) is 45.7 Å². The first-order valence-corrected chi connectivity index (χ1v) is 19.1. The highest BCUT2D eigenvalue weighted by atomic mass is 28.4. The predicted octanol–water partition coefficient (Wildman–Crippen LogP) is 7.19. The number of nitrogens with zero attached hydrogens (tertiary/aromatic N) is 2. The molecule has 0 fully saturated rings. The lowest BCUT2D eigenvalue weighted by atomic mass is 10.0. The summed E-state index contributed by atoms with van der Waals surface area (Å²) in [6.07, 6.45) is 16.1. The molecule has 1 aromatic rings. The SMILES string of the molecule is CCCCCCCCCCCCCc1cc(O[Si](C)(C)C)nc(O[Si](C)(C)C)[n+]1C. The second-order valence-corrected chi connectivity index (χ2v) is 19.5. The van der Waals surface area contributed by atoms with Gasteiger partial charge in [0.15, 0.2) is 0 Å². The van der Waals surface area contributed by atoms with Gasteiger partial charge in [0, 0.05) is 11.4 Å². The molecule has 0 bridgehead atoms. The molecule has 0 N–H and O–H groups in total. The summed E-state index contributed by atoms with van der Waals surface area (Å²) in [4.78, 5) is 4.70. The summed E-state index contributed by atoms with van der Waals surface area (Å²) < 4.78 is 14.6. The molecule has 174 valence electrons. The van der Waals surface area contributed by atoms with Gasteiger partial charge in [0.05, 0.1) is 13.1 Å². The van der Waals surface area contributed by atoms with Crippen LogP contribution in [0.25, 0.3) is 0 Å². The highest BCUT2D eigenvalue weighted by Gasteiger charge is 2.29. The first-order chi connectivity index (χ1) is 14.0. The molecule has 0 amide bonds. The summed E-state index contributed by atoms with van der Waals surface area (Å²) in [6.45, 7) is 15.5. The van der Waals surface area contributed by atoms with Gasteiger partial charge in [0.1, 0.15) is 5.69 Å². The van der Waals surface area contributed by atoms with E-state index in [1.807, 2.05) is 0 Å². The molecule has 0 spiro atoms. The maximum absolute atomic E-state index is 6.26. The lowest BCUT2D eigenvalue weighted by Crippen LogP contribution is -2.43. The van der Waals surface area contributed by atoms with Gasteiger partial charge in [-0.15, -0.1) is 0 Å². The molecule has 0 aliphatic rings. The van der Waals surface area contributed by atoms with E-state index in [9.17, 15) is 0 Å². The highest BCUT2D eigenvalue weighted by Crippen LogP contribution is 2.20. The van der Waals surface area contributed by atoms with Crippen molar-refractivity contribution in [3.05, 3.63) is 11.8 Å². The molecule has 1 heterocycles. The van der Waals surface area contributed by atoms with Crippen molar-refractivity contribution in [2.24, 2.45) is 7.05 Å². The third-order valence-corrected chi connectivity index (χ3v) is 6.67. The average molecular weight is 454 g/mol. The van der Waals surface area contributed by atoms with Crippen LogP contribution in [0, 0.1) is 0 Å². The van der Waals surface area contributed by atoms with E-state index in [1.165, 1.54) is 76.3 Å². The van der Waals surface area contributed by atoms with Gasteiger partial charge in [-0.25, -0.2) is 0 Å². The molecule has 1 rings (SSSR count). The number of hydrogen-bond acceptors (Lipinski definition) is 3. The Labute approximate surface area is 189 Å². The smallest absolute Gasteiger partial charge is 0.488 e. The standard InChI is InChI=1S/C24H49N2O2Si2/c1-9-10-11-12-13-14-15-16-17-18-19-20-22-21-23(27-29(3,4)5)25-24(26(22)2)28-30(6,7)8/h21H,9-20H2,1-8H3/q+1. The lowest BCUT2D eigenvalue weighted by molar-refractivity contribution is -0.685. The molecule has 0 saturated carbocycles. The van der Waals surface area contributed by atoms with E-state index in [-0.39, 0.29) is 0 Å². The van der Waals surface area contributed by atoms with Gasteiger partial charge in [0.2, 0.25) is 8.32 Å². The van der Waals surface area contributed by atoms with Crippen LogP contribution in [-0.2, 0) is 13.5 Å². The minimum absolute atomic E-state index is 0.711. The lowest BCUT2D eigenvalue weighted by Gasteiger charge is -2.19. The molecular weight excluding hydrogens is 404 g/mol. The van der Waals surface area contributed by atoms with Crippen molar-refractivity contribution in [2.45, 2.75) is 123 Å². The van der Waals surface area contributed by atoms with Gasteiger partial charge < -0.3 is 8.85 Å². The molecule has 0 aromatic carbocycles. The molecule has 4 nitrogen and oxygen atoms in total. The Morgan fingerprint density at radius 1 is 0.733 bits per heavy atom. The Hall–Kier alpha value is -0.886. The summed E-state index contributed by atoms with van der Waals surface area (Å²) in [5.74, 6) is 0.735. The van der Waals surface area contributed by atoms with Gasteiger partial charge in [-0.2, -0.15) is 4.57 Å². The third-order valence-electron chi connectivity index (χ3n) is 5.06. The summed E-state index contributed by atoms with van der Waals surface area (Å²) in [6, 6.07) is 2.84. The fraction of sp³-hybridized carbons (Fsp3) is 0.833. The van der Waals surface area contributed by atoms with Crippen molar-refractivity contribution in [3.63, 3.8) is 0 Å². The molecule has 0 saturated heterocycles. The first kappa shape index (κ1) is 27.1. The van der Waals surface area contributed by atoms with Gasteiger partial charge in [0.25, 0.3) is 8.32 Å². The minimum atomic E-state index is -1.73. The van der Waals surface area contributed by atoms with Crippen LogP contribution in [-0.4, -0.2) is 21.6 Å². The minimum Gasteiger partial charge on any atom is -0.514 e. The molecule has 0 radical (unpaired) electrons. The topological polar surface area (TPSA) is 35.2 Å². The number of rotatable bonds is 16. The predicted molar refractivity (Wildman–Crippen MR) is 134 cm³/mol. The Morgan fingerprint density at radius 2 is 1.20 bits per heavy atom. The normalized spacial score (nSPS) is 12.3.